The number of carbonyl (C=O) groups is 2. The number of hydrogen-bond acceptors (Lipinski definition) is 4. The molecule has 1 aromatic heterocycles. The number of benzene rings is 1. The molecule has 0 spiro atoms. The summed E-state index contributed by atoms with van der Waals surface area (Å²) in [6.07, 6.45) is 3.50. The molecule has 148 valence electrons. The van der Waals surface area contributed by atoms with E-state index >= 15 is 0 Å². The number of aromatic nitrogens is 1. The zero-order valence-electron chi connectivity index (χ0n) is 15.6. The molecule has 4 rings (SSSR count). The Morgan fingerprint density at radius 3 is 2.36 bits per heavy atom. The lowest BCUT2D eigenvalue weighted by molar-refractivity contribution is -0.121. The van der Waals surface area contributed by atoms with Crippen LogP contribution in [0.5, 0.6) is 0 Å². The SMILES string of the molecule is O=C(Nc1nc(-c2ccc(F)cc2)cs1)C1CCN(C(=O)N2CCCC2)CC1. The van der Waals surface area contributed by atoms with Crippen molar-refractivity contribution in [3.05, 3.63) is 35.5 Å². The Morgan fingerprint density at radius 1 is 1.04 bits per heavy atom. The summed E-state index contributed by atoms with van der Waals surface area (Å²) < 4.78 is 13.0. The fraction of sp³-hybridized carbons (Fsp3) is 0.450. The maximum absolute atomic E-state index is 13.0. The van der Waals surface area contributed by atoms with Crippen LogP contribution < -0.4 is 5.32 Å². The van der Waals surface area contributed by atoms with Crippen LogP contribution in [0.2, 0.25) is 0 Å². The molecule has 2 aromatic rings. The van der Waals surface area contributed by atoms with Crippen LogP contribution in [0.4, 0.5) is 14.3 Å². The molecule has 2 fully saturated rings. The molecule has 0 bridgehead atoms. The highest BCUT2D eigenvalue weighted by Crippen LogP contribution is 2.27. The minimum atomic E-state index is -0.290. The van der Waals surface area contributed by atoms with E-state index in [4.69, 9.17) is 0 Å². The average molecular weight is 402 g/mol. The van der Waals surface area contributed by atoms with Gasteiger partial charge in [-0.1, -0.05) is 0 Å². The number of piperidine rings is 1. The van der Waals surface area contributed by atoms with Crippen LogP contribution in [-0.2, 0) is 4.79 Å². The van der Waals surface area contributed by atoms with Gasteiger partial charge in [-0.05, 0) is 49.9 Å². The number of hydrogen-bond donors (Lipinski definition) is 1. The first-order chi connectivity index (χ1) is 13.6. The molecular weight excluding hydrogens is 379 g/mol. The molecule has 3 amide bonds. The highest BCUT2D eigenvalue weighted by Gasteiger charge is 2.30. The second-order valence-electron chi connectivity index (χ2n) is 7.27. The monoisotopic (exact) mass is 402 g/mol. The van der Waals surface area contributed by atoms with Crippen LogP contribution in [0.25, 0.3) is 11.3 Å². The van der Waals surface area contributed by atoms with Crippen molar-refractivity contribution in [1.82, 2.24) is 14.8 Å². The third-order valence-electron chi connectivity index (χ3n) is 5.39. The molecule has 1 aromatic carbocycles. The number of urea groups is 1. The van der Waals surface area contributed by atoms with E-state index in [1.54, 1.807) is 12.1 Å². The second-order valence-corrected chi connectivity index (χ2v) is 8.13. The highest BCUT2D eigenvalue weighted by molar-refractivity contribution is 7.14. The Kier molecular flexibility index (Phi) is 5.57. The largest absolute Gasteiger partial charge is 0.325 e. The zero-order valence-corrected chi connectivity index (χ0v) is 16.4. The summed E-state index contributed by atoms with van der Waals surface area (Å²) in [5.74, 6) is -0.448. The molecule has 0 unspecified atom stereocenters. The minimum absolute atomic E-state index is 0.0479. The second kappa shape index (κ2) is 8.26. The molecule has 0 atom stereocenters. The molecule has 8 heteroatoms. The molecule has 2 aliphatic heterocycles. The number of nitrogens with zero attached hydrogens (tertiary/aromatic N) is 3. The Morgan fingerprint density at radius 2 is 1.68 bits per heavy atom. The van der Waals surface area contributed by atoms with Gasteiger partial charge in [-0.15, -0.1) is 11.3 Å². The summed E-state index contributed by atoms with van der Waals surface area (Å²) >= 11 is 1.36. The standard InChI is InChI=1S/C20H23FN4O2S/c21-16-5-3-14(4-6-16)17-13-28-19(22-17)23-18(26)15-7-11-25(12-8-15)20(27)24-9-1-2-10-24/h3-6,13,15H,1-2,7-12H2,(H,22,23,26). The number of thiazole rings is 1. The van der Waals surface area contributed by atoms with Crippen molar-refractivity contribution in [2.45, 2.75) is 25.7 Å². The van der Waals surface area contributed by atoms with Gasteiger partial charge in [0.25, 0.3) is 0 Å². The van der Waals surface area contributed by atoms with E-state index in [0.29, 0.717) is 36.8 Å². The lowest BCUT2D eigenvalue weighted by Crippen LogP contribution is -2.47. The normalized spacial score (nSPS) is 17.8. The summed E-state index contributed by atoms with van der Waals surface area (Å²) in [6, 6.07) is 6.24. The molecular formula is C20H23FN4O2S. The van der Waals surface area contributed by atoms with Crippen molar-refractivity contribution >= 4 is 28.4 Å². The van der Waals surface area contributed by atoms with Gasteiger partial charge in [-0.25, -0.2) is 14.2 Å². The molecule has 2 aliphatic rings. The third kappa shape index (κ3) is 4.16. The Labute approximate surface area is 167 Å². The maximum Gasteiger partial charge on any atom is 0.319 e. The number of carbonyl (C=O) groups excluding carboxylic acids is 2. The highest BCUT2D eigenvalue weighted by atomic mass is 32.1. The first-order valence-electron chi connectivity index (χ1n) is 9.66. The van der Waals surface area contributed by atoms with E-state index in [1.165, 1.54) is 23.5 Å². The number of amides is 3. The number of halogens is 1. The lowest BCUT2D eigenvalue weighted by atomic mass is 9.96. The maximum atomic E-state index is 13.0. The number of anilines is 1. The smallest absolute Gasteiger partial charge is 0.319 e. The van der Waals surface area contributed by atoms with E-state index in [-0.39, 0.29) is 23.7 Å². The van der Waals surface area contributed by atoms with Gasteiger partial charge in [-0.3, -0.25) is 4.79 Å². The van der Waals surface area contributed by atoms with Crippen molar-refractivity contribution in [2.24, 2.45) is 5.92 Å². The van der Waals surface area contributed by atoms with Gasteiger partial charge >= 0.3 is 6.03 Å². The predicted octanol–water partition coefficient (Wildman–Crippen LogP) is 3.82. The topological polar surface area (TPSA) is 65.5 Å². The van der Waals surface area contributed by atoms with Gasteiger partial charge in [0.15, 0.2) is 5.13 Å². The summed E-state index contributed by atoms with van der Waals surface area (Å²) in [4.78, 5) is 33.2. The van der Waals surface area contributed by atoms with Gasteiger partial charge in [-0.2, -0.15) is 0 Å². The lowest BCUT2D eigenvalue weighted by Gasteiger charge is -2.33. The molecule has 28 heavy (non-hydrogen) atoms. The van der Waals surface area contributed by atoms with Crippen LogP contribution >= 0.6 is 11.3 Å². The van der Waals surface area contributed by atoms with E-state index in [0.717, 1.165) is 31.5 Å². The van der Waals surface area contributed by atoms with Crippen LogP contribution in [0.3, 0.4) is 0 Å². The Bertz CT molecular complexity index is 840. The van der Waals surface area contributed by atoms with E-state index in [2.05, 4.69) is 10.3 Å². The van der Waals surface area contributed by atoms with Crippen LogP contribution in [0.1, 0.15) is 25.7 Å². The number of rotatable bonds is 3. The average Bonchev–Trinajstić information content (AvgIpc) is 3.40. The van der Waals surface area contributed by atoms with Crippen molar-refractivity contribution in [3.63, 3.8) is 0 Å². The fourth-order valence-corrected chi connectivity index (χ4v) is 4.46. The summed E-state index contributed by atoms with van der Waals surface area (Å²) in [7, 11) is 0. The first-order valence-corrected chi connectivity index (χ1v) is 10.5. The first kappa shape index (κ1) is 18.9. The number of nitrogens with one attached hydrogen (secondary N) is 1. The van der Waals surface area contributed by atoms with Crippen molar-refractivity contribution in [3.8, 4) is 11.3 Å². The van der Waals surface area contributed by atoms with E-state index < -0.39 is 0 Å². The molecule has 0 aliphatic carbocycles. The van der Waals surface area contributed by atoms with E-state index in [9.17, 15) is 14.0 Å². The summed E-state index contributed by atoms with van der Waals surface area (Å²) in [5.41, 5.74) is 1.53. The van der Waals surface area contributed by atoms with E-state index in [1.807, 2.05) is 15.2 Å². The van der Waals surface area contributed by atoms with Crippen molar-refractivity contribution < 1.29 is 14.0 Å². The Hall–Kier alpha value is -2.48. The molecule has 3 heterocycles. The van der Waals surface area contributed by atoms with Crippen molar-refractivity contribution in [1.29, 1.82) is 0 Å². The molecule has 1 N–H and O–H groups in total. The third-order valence-corrected chi connectivity index (χ3v) is 6.14. The van der Waals surface area contributed by atoms with Crippen LogP contribution in [0.15, 0.2) is 29.6 Å². The van der Waals surface area contributed by atoms with Crippen LogP contribution in [0, 0.1) is 11.7 Å². The van der Waals surface area contributed by atoms with Crippen molar-refractivity contribution in [2.75, 3.05) is 31.5 Å². The molecule has 6 nitrogen and oxygen atoms in total. The zero-order chi connectivity index (χ0) is 19.5. The van der Waals surface area contributed by atoms with Gasteiger partial charge in [0.05, 0.1) is 5.69 Å². The summed E-state index contributed by atoms with van der Waals surface area (Å²) in [5, 5.41) is 5.28. The van der Waals surface area contributed by atoms with Gasteiger partial charge < -0.3 is 15.1 Å². The fourth-order valence-electron chi connectivity index (χ4n) is 3.73. The predicted molar refractivity (Wildman–Crippen MR) is 107 cm³/mol. The molecule has 0 radical (unpaired) electrons. The van der Waals surface area contributed by atoms with Crippen LogP contribution in [-0.4, -0.2) is 52.9 Å². The molecule has 0 saturated carbocycles. The molecule has 2 saturated heterocycles. The minimum Gasteiger partial charge on any atom is -0.325 e. The van der Waals surface area contributed by atoms with Gasteiger partial charge in [0.1, 0.15) is 5.82 Å². The van der Waals surface area contributed by atoms with Gasteiger partial charge in [0.2, 0.25) is 5.91 Å². The number of likely N-dealkylation sites (tertiary alicyclic amines) is 2. The Balaban J connectivity index is 1.30. The quantitative estimate of drug-likeness (QED) is 0.849. The van der Waals surface area contributed by atoms with Gasteiger partial charge in [0, 0.05) is 43.0 Å². The summed E-state index contributed by atoms with van der Waals surface area (Å²) in [6.45, 7) is 2.93.